The predicted octanol–water partition coefficient (Wildman–Crippen LogP) is 21.9. The summed E-state index contributed by atoms with van der Waals surface area (Å²) in [5.74, 6) is 0. The third-order valence-electron chi connectivity index (χ3n) is 20.3. The molecule has 452 valence electrons. The molecule has 3 aromatic heterocycles. The van der Waals surface area contributed by atoms with Gasteiger partial charge in [0.1, 0.15) is 0 Å². The Balaban J connectivity index is 0.983. The molecule has 4 nitrogen and oxygen atoms in total. The van der Waals surface area contributed by atoms with E-state index in [1.807, 2.05) is 6.07 Å². The number of hydrogen-bond acceptors (Lipinski definition) is 1. The van der Waals surface area contributed by atoms with Crippen LogP contribution >= 0.6 is 0 Å². The molecular formula is C88H77BN4. The summed E-state index contributed by atoms with van der Waals surface area (Å²) in [6.45, 7) is 27.4. The zero-order valence-corrected chi connectivity index (χ0v) is 55.1. The van der Waals surface area contributed by atoms with E-state index in [0.717, 1.165) is 105 Å². The molecule has 2 aliphatic rings. The van der Waals surface area contributed by atoms with Gasteiger partial charge >= 0.3 is 0 Å². The first-order valence-electron chi connectivity index (χ1n) is 35.4. The van der Waals surface area contributed by atoms with Gasteiger partial charge in [0.05, 0.1) is 34.6 Å². The van der Waals surface area contributed by atoms with Gasteiger partial charge in [-0.05, 0) is 165 Å². The van der Waals surface area contributed by atoms with Gasteiger partial charge in [-0.25, -0.2) is 0 Å². The summed E-state index contributed by atoms with van der Waals surface area (Å²) >= 11 is 0. The molecule has 0 amide bonds. The van der Waals surface area contributed by atoms with Crippen LogP contribution in [-0.4, -0.2) is 20.8 Å². The second kappa shape index (κ2) is 20.2. The van der Waals surface area contributed by atoms with Crippen molar-refractivity contribution < 1.29 is 6.85 Å². The van der Waals surface area contributed by atoms with Gasteiger partial charge in [0.25, 0.3) is 6.71 Å². The normalized spacial score (nSPS) is 13.9. The van der Waals surface area contributed by atoms with Crippen molar-refractivity contribution in [3.63, 3.8) is 0 Å². The highest BCUT2D eigenvalue weighted by atomic mass is 15.0. The van der Waals surface area contributed by atoms with Crippen LogP contribution < -0.4 is 21.7 Å². The van der Waals surface area contributed by atoms with Crippen molar-refractivity contribution in [2.75, 3.05) is 5.32 Å². The minimum absolute atomic E-state index is 0.0261. The van der Waals surface area contributed by atoms with Gasteiger partial charge in [-0.1, -0.05) is 259 Å². The van der Waals surface area contributed by atoms with Crippen molar-refractivity contribution in [1.82, 2.24) is 14.1 Å². The van der Waals surface area contributed by atoms with E-state index >= 15 is 0 Å². The lowest BCUT2D eigenvalue weighted by atomic mass is 9.33. The minimum atomic E-state index is -0.405. The summed E-state index contributed by atoms with van der Waals surface area (Å²) < 4.78 is 49.6. The highest BCUT2D eigenvalue weighted by molar-refractivity contribution is 7.00. The molecule has 5 heteroatoms. The molecule has 0 aliphatic carbocycles. The molecule has 0 fully saturated rings. The number of aromatic amines is 1. The number of para-hydroxylation sites is 1. The third-order valence-corrected chi connectivity index (χ3v) is 20.3. The summed E-state index contributed by atoms with van der Waals surface area (Å²) in [7, 11) is 0. The average Bonchev–Trinajstić information content (AvgIpc) is 1.45. The van der Waals surface area contributed by atoms with E-state index in [0.29, 0.717) is 5.56 Å². The first kappa shape index (κ1) is 51.5. The molecule has 2 aliphatic heterocycles. The third kappa shape index (κ3) is 8.86. The number of fused-ring (bicyclic) bond motifs is 14. The molecule has 15 aromatic rings. The van der Waals surface area contributed by atoms with Gasteiger partial charge in [0.15, 0.2) is 0 Å². The highest BCUT2D eigenvalue weighted by Crippen LogP contribution is 2.49. The highest BCUT2D eigenvalue weighted by Gasteiger charge is 2.44. The second-order valence-electron chi connectivity index (χ2n) is 30.3. The van der Waals surface area contributed by atoms with E-state index in [1.165, 1.54) is 66.2 Å². The first-order chi connectivity index (χ1) is 46.7. The van der Waals surface area contributed by atoms with Crippen LogP contribution in [0.3, 0.4) is 0 Å². The molecule has 0 unspecified atom stereocenters. The molecule has 2 N–H and O–H groups in total. The summed E-state index contributed by atoms with van der Waals surface area (Å²) in [6.07, 6.45) is 0. The van der Waals surface area contributed by atoms with Crippen molar-refractivity contribution >= 4 is 99.9 Å². The Labute approximate surface area is 553 Å². The Bertz CT molecular complexity index is 5930. The summed E-state index contributed by atoms with van der Waals surface area (Å²) in [4.78, 5) is 4.19. The number of rotatable bonds is 7. The number of nitrogens with one attached hydrogen (secondary N) is 2. The fourth-order valence-electron chi connectivity index (χ4n) is 15.5. The maximum absolute atomic E-state index is 9.20. The summed E-state index contributed by atoms with van der Waals surface area (Å²) in [5, 5.41) is 10.7. The summed E-state index contributed by atoms with van der Waals surface area (Å²) in [6, 6.07) is 75.1. The van der Waals surface area contributed by atoms with Crippen LogP contribution in [0.1, 0.15) is 112 Å². The molecule has 5 heterocycles. The number of aromatic nitrogens is 3. The van der Waals surface area contributed by atoms with Crippen molar-refractivity contribution in [2.45, 2.75) is 105 Å². The smallest absolute Gasteiger partial charge is 0.252 e. The Hall–Kier alpha value is -10.1. The van der Waals surface area contributed by atoms with Crippen LogP contribution in [-0.2, 0) is 21.7 Å². The topological polar surface area (TPSA) is 37.7 Å². The van der Waals surface area contributed by atoms with E-state index in [4.69, 9.17) is 4.11 Å². The van der Waals surface area contributed by atoms with Crippen LogP contribution in [0.5, 0.6) is 0 Å². The van der Waals surface area contributed by atoms with Crippen molar-refractivity contribution in [1.29, 1.82) is 0 Å². The molecule has 0 saturated carbocycles. The molecule has 0 radical (unpaired) electrons. The van der Waals surface area contributed by atoms with E-state index in [2.05, 4.69) is 303 Å². The number of benzene rings is 12. The Morgan fingerprint density at radius 2 is 0.946 bits per heavy atom. The van der Waals surface area contributed by atoms with Crippen molar-refractivity contribution in [3.05, 3.63) is 259 Å². The van der Waals surface area contributed by atoms with E-state index in [-0.39, 0.29) is 58.1 Å². The van der Waals surface area contributed by atoms with Crippen LogP contribution in [0.4, 0.5) is 11.4 Å². The van der Waals surface area contributed by atoms with Gasteiger partial charge in [0.2, 0.25) is 0 Å². The average molecular weight is 1210 g/mol. The lowest BCUT2D eigenvalue weighted by Crippen LogP contribution is -2.59. The summed E-state index contributed by atoms with van der Waals surface area (Å²) in [5.41, 5.74) is 28.8. The SMILES string of the molecule is [2H]c1c([2H])c([2H])c(-c2ccc3c(c2)c2cc(C(C)(C)C)cc4c2n3-c2cc3[nH]c5c(-c6ccccc6-c6ccccc6-c6ccccc6)cccc5c3c3c2B4c2cc(C(C)(C)C)cc4c5cc(Nc6ccc(C(C)(C)C)cc6-c6cccc(C(C)(C)C)c6)ccc5n-3c24)c([2H])c1[2H]. The zero-order chi connectivity index (χ0) is 68.1. The number of hydrogen-bond donors (Lipinski definition) is 2. The molecule has 0 spiro atoms. The van der Waals surface area contributed by atoms with E-state index < -0.39 is 6.04 Å². The first-order valence-corrected chi connectivity index (χ1v) is 32.9. The zero-order valence-electron chi connectivity index (χ0n) is 60.1. The van der Waals surface area contributed by atoms with Crippen LogP contribution in [0.15, 0.2) is 236 Å². The lowest BCUT2D eigenvalue weighted by molar-refractivity contribution is 0.589. The fourth-order valence-corrected chi connectivity index (χ4v) is 15.5. The van der Waals surface area contributed by atoms with Gasteiger partial charge < -0.3 is 19.4 Å². The predicted molar refractivity (Wildman–Crippen MR) is 401 cm³/mol. The largest absolute Gasteiger partial charge is 0.355 e. The molecule has 12 aromatic carbocycles. The van der Waals surface area contributed by atoms with Gasteiger partial charge in [0, 0.05) is 71.5 Å². The van der Waals surface area contributed by atoms with Crippen molar-refractivity contribution in [2.24, 2.45) is 0 Å². The van der Waals surface area contributed by atoms with Crippen molar-refractivity contribution in [3.8, 4) is 67.0 Å². The van der Waals surface area contributed by atoms with Gasteiger partial charge in [-0.15, -0.1) is 0 Å². The minimum Gasteiger partial charge on any atom is -0.355 e. The maximum Gasteiger partial charge on any atom is 0.252 e. The number of H-pyrrole nitrogens is 1. The molecule has 0 saturated heterocycles. The molecule has 17 rings (SSSR count). The number of nitrogens with zero attached hydrogens (tertiary/aromatic N) is 2. The maximum atomic E-state index is 9.20. The van der Waals surface area contributed by atoms with Gasteiger partial charge in [-0.3, -0.25) is 0 Å². The quantitative estimate of drug-likeness (QED) is 0.153. The van der Waals surface area contributed by atoms with Crippen LogP contribution in [0.2, 0.25) is 0 Å². The lowest BCUT2D eigenvalue weighted by Gasteiger charge is -2.36. The second-order valence-corrected chi connectivity index (χ2v) is 30.3. The Morgan fingerprint density at radius 3 is 1.62 bits per heavy atom. The number of anilines is 2. The molecule has 93 heavy (non-hydrogen) atoms. The van der Waals surface area contributed by atoms with Crippen LogP contribution in [0, 0.1) is 0 Å². The molecule has 0 bridgehead atoms. The van der Waals surface area contributed by atoms with E-state index in [1.54, 1.807) is 0 Å². The van der Waals surface area contributed by atoms with Crippen LogP contribution in [0.25, 0.3) is 132 Å². The standard InChI is InChI=1S/C88H77BN4/c1-85(2,3)56-30-23-29-55(43-56)67-45-57(86(4,5)6)38-40-74(67)90-60-39-42-77-69(50-60)71-47-59(88(10,11)12)49-73-83(71)93(77)84-79-66-36-24-35-65(64-34-22-21-33-63(64)62-32-20-19-31-61(62)53-27-17-14-18-28-53)81(66)91-75(79)51-78-80(84)89(73)72-48-58(87(7,8)9)46-70-68-44-54(52-25-15-13-16-26-52)37-41-76(68)92(78)82(70)72/h13-51,90-91H,1-12H3/i13D,15D,16D,25D,26D. The monoisotopic (exact) mass is 1210 g/mol. The molecular weight excluding hydrogens is 1120 g/mol. The Morgan fingerprint density at radius 1 is 0.387 bits per heavy atom. The molecule has 0 atom stereocenters. The fraction of sp³-hybridized carbons (Fsp3) is 0.182. The van der Waals surface area contributed by atoms with E-state index in [9.17, 15) is 2.74 Å². The Kier molecular flexibility index (Phi) is 11.2. The van der Waals surface area contributed by atoms with Gasteiger partial charge in [-0.2, -0.15) is 0 Å².